The molecule has 1 atom stereocenters. The summed E-state index contributed by atoms with van der Waals surface area (Å²) < 4.78 is 0. The Bertz CT molecular complexity index is 444. The number of aliphatic hydroxyl groups is 1. The molecule has 0 amide bonds. The first-order chi connectivity index (χ1) is 8.81. The van der Waals surface area contributed by atoms with Gasteiger partial charge in [-0.2, -0.15) is 0 Å². The van der Waals surface area contributed by atoms with Crippen LogP contribution in [0.15, 0.2) is 41.2 Å². The molecule has 0 aliphatic heterocycles. The molecule has 4 heteroatoms. The molecular weight excluding hydrogens is 244 g/mol. The molecule has 1 heterocycles. The minimum absolute atomic E-state index is 0.195. The largest absolute Gasteiger partial charge is 0.396 e. The second-order valence-electron chi connectivity index (χ2n) is 4.33. The van der Waals surface area contributed by atoms with E-state index in [1.165, 1.54) is 5.56 Å². The van der Waals surface area contributed by atoms with Gasteiger partial charge in [0, 0.05) is 24.6 Å². The standard InChI is InChI=1S/C14H18N2OS/c1-16(9-13-10-18-11-15-13)14(7-8-17)12-5-3-2-4-6-12/h2-6,10-11,14,17H,7-9H2,1H3/t14-/m1/s1. The van der Waals surface area contributed by atoms with Crippen LogP contribution < -0.4 is 0 Å². The molecule has 0 aliphatic carbocycles. The van der Waals surface area contributed by atoms with Crippen LogP contribution >= 0.6 is 11.3 Å². The van der Waals surface area contributed by atoms with Crippen molar-refractivity contribution >= 4 is 11.3 Å². The molecule has 1 aromatic heterocycles. The van der Waals surface area contributed by atoms with E-state index in [1.54, 1.807) is 11.3 Å². The summed E-state index contributed by atoms with van der Waals surface area (Å²) in [6.45, 7) is 1.00. The fourth-order valence-corrected chi connectivity index (χ4v) is 2.67. The first kappa shape index (κ1) is 13.2. The van der Waals surface area contributed by atoms with Gasteiger partial charge in [0.15, 0.2) is 0 Å². The third-order valence-electron chi connectivity index (χ3n) is 3.01. The van der Waals surface area contributed by atoms with Crippen molar-refractivity contribution in [2.75, 3.05) is 13.7 Å². The van der Waals surface area contributed by atoms with Crippen molar-refractivity contribution in [3.63, 3.8) is 0 Å². The zero-order valence-electron chi connectivity index (χ0n) is 10.5. The zero-order valence-corrected chi connectivity index (χ0v) is 11.3. The van der Waals surface area contributed by atoms with E-state index in [0.29, 0.717) is 0 Å². The Morgan fingerprint density at radius 3 is 2.72 bits per heavy atom. The van der Waals surface area contributed by atoms with Gasteiger partial charge >= 0.3 is 0 Å². The van der Waals surface area contributed by atoms with Crippen molar-refractivity contribution in [1.29, 1.82) is 0 Å². The Hall–Kier alpha value is -1.23. The average molecular weight is 262 g/mol. The van der Waals surface area contributed by atoms with E-state index >= 15 is 0 Å². The molecule has 0 radical (unpaired) electrons. The van der Waals surface area contributed by atoms with E-state index in [9.17, 15) is 5.11 Å². The predicted molar refractivity (Wildman–Crippen MR) is 74.5 cm³/mol. The molecule has 0 aliphatic rings. The zero-order chi connectivity index (χ0) is 12.8. The van der Waals surface area contributed by atoms with Crippen molar-refractivity contribution in [2.24, 2.45) is 0 Å². The summed E-state index contributed by atoms with van der Waals surface area (Å²) in [6, 6.07) is 10.5. The summed E-state index contributed by atoms with van der Waals surface area (Å²) in [6.07, 6.45) is 0.741. The fraction of sp³-hybridized carbons (Fsp3) is 0.357. The minimum Gasteiger partial charge on any atom is -0.396 e. The summed E-state index contributed by atoms with van der Waals surface area (Å²) in [5.41, 5.74) is 4.18. The van der Waals surface area contributed by atoms with Crippen molar-refractivity contribution in [3.8, 4) is 0 Å². The van der Waals surface area contributed by atoms with Gasteiger partial charge in [-0.3, -0.25) is 4.90 Å². The van der Waals surface area contributed by atoms with Gasteiger partial charge in [0.25, 0.3) is 0 Å². The number of nitrogens with zero attached hydrogens (tertiary/aromatic N) is 2. The highest BCUT2D eigenvalue weighted by atomic mass is 32.1. The van der Waals surface area contributed by atoms with Crippen LogP contribution in [0, 0.1) is 0 Å². The lowest BCUT2D eigenvalue weighted by Crippen LogP contribution is -2.25. The molecule has 0 spiro atoms. The van der Waals surface area contributed by atoms with Gasteiger partial charge in [-0.05, 0) is 19.0 Å². The number of hydrogen-bond donors (Lipinski definition) is 1. The Balaban J connectivity index is 2.09. The first-order valence-electron chi connectivity index (χ1n) is 6.04. The normalized spacial score (nSPS) is 12.8. The number of benzene rings is 1. The van der Waals surface area contributed by atoms with Crippen LogP contribution in [0.4, 0.5) is 0 Å². The van der Waals surface area contributed by atoms with Crippen LogP contribution in [0.2, 0.25) is 0 Å². The summed E-state index contributed by atoms with van der Waals surface area (Å²) in [7, 11) is 2.08. The number of aliphatic hydroxyl groups excluding tert-OH is 1. The molecule has 18 heavy (non-hydrogen) atoms. The van der Waals surface area contributed by atoms with E-state index in [2.05, 4.69) is 34.4 Å². The summed E-state index contributed by atoms with van der Waals surface area (Å²) in [5.74, 6) is 0. The summed E-state index contributed by atoms with van der Waals surface area (Å²) in [4.78, 5) is 6.54. The van der Waals surface area contributed by atoms with E-state index in [-0.39, 0.29) is 12.6 Å². The predicted octanol–water partition coefficient (Wildman–Crippen LogP) is 2.70. The molecule has 2 rings (SSSR count). The van der Waals surface area contributed by atoms with Gasteiger partial charge in [0.2, 0.25) is 0 Å². The third-order valence-corrected chi connectivity index (χ3v) is 3.65. The van der Waals surface area contributed by atoms with Crippen molar-refractivity contribution in [3.05, 3.63) is 52.5 Å². The number of hydrogen-bond acceptors (Lipinski definition) is 4. The second-order valence-corrected chi connectivity index (χ2v) is 5.05. The highest BCUT2D eigenvalue weighted by molar-refractivity contribution is 7.07. The maximum atomic E-state index is 9.23. The highest BCUT2D eigenvalue weighted by Gasteiger charge is 2.16. The van der Waals surface area contributed by atoms with Crippen LogP contribution in [-0.4, -0.2) is 28.6 Å². The third kappa shape index (κ3) is 3.38. The molecule has 0 fully saturated rings. The minimum atomic E-state index is 0.195. The Morgan fingerprint density at radius 2 is 2.11 bits per heavy atom. The maximum absolute atomic E-state index is 9.23. The summed E-state index contributed by atoms with van der Waals surface area (Å²) in [5, 5.41) is 11.3. The lowest BCUT2D eigenvalue weighted by Gasteiger charge is -2.27. The molecule has 1 N–H and O–H groups in total. The SMILES string of the molecule is CN(Cc1cscn1)[C@H](CCO)c1ccccc1. The Kier molecular flexibility index (Phi) is 4.87. The quantitative estimate of drug-likeness (QED) is 0.869. The molecule has 2 aromatic rings. The van der Waals surface area contributed by atoms with Gasteiger partial charge < -0.3 is 5.11 Å². The molecule has 0 saturated carbocycles. The molecular formula is C14H18N2OS. The van der Waals surface area contributed by atoms with Crippen LogP contribution in [0.5, 0.6) is 0 Å². The first-order valence-corrected chi connectivity index (χ1v) is 6.98. The Labute approximate surface area is 112 Å². The van der Waals surface area contributed by atoms with Crippen molar-refractivity contribution in [2.45, 2.75) is 19.0 Å². The van der Waals surface area contributed by atoms with Crippen LogP contribution in [-0.2, 0) is 6.54 Å². The second kappa shape index (κ2) is 6.64. The summed E-state index contributed by atoms with van der Waals surface area (Å²) >= 11 is 1.62. The van der Waals surface area contributed by atoms with E-state index in [1.807, 2.05) is 23.7 Å². The number of thiazole rings is 1. The van der Waals surface area contributed by atoms with Gasteiger partial charge in [-0.15, -0.1) is 11.3 Å². The van der Waals surface area contributed by atoms with Crippen LogP contribution in [0.1, 0.15) is 23.7 Å². The van der Waals surface area contributed by atoms with Gasteiger partial charge in [-0.25, -0.2) is 4.98 Å². The molecule has 0 unspecified atom stereocenters. The van der Waals surface area contributed by atoms with Gasteiger partial charge in [0.1, 0.15) is 0 Å². The van der Waals surface area contributed by atoms with Crippen molar-refractivity contribution < 1.29 is 5.11 Å². The average Bonchev–Trinajstić information content (AvgIpc) is 2.89. The van der Waals surface area contributed by atoms with Gasteiger partial charge in [0.05, 0.1) is 11.2 Å². The van der Waals surface area contributed by atoms with Crippen molar-refractivity contribution in [1.82, 2.24) is 9.88 Å². The molecule has 3 nitrogen and oxygen atoms in total. The van der Waals surface area contributed by atoms with E-state index < -0.39 is 0 Å². The fourth-order valence-electron chi connectivity index (χ4n) is 2.12. The lowest BCUT2D eigenvalue weighted by molar-refractivity contribution is 0.179. The molecule has 1 aromatic carbocycles. The van der Waals surface area contributed by atoms with E-state index in [4.69, 9.17) is 0 Å². The maximum Gasteiger partial charge on any atom is 0.0795 e. The lowest BCUT2D eigenvalue weighted by atomic mass is 10.0. The van der Waals surface area contributed by atoms with E-state index in [0.717, 1.165) is 18.7 Å². The topological polar surface area (TPSA) is 36.4 Å². The molecule has 0 bridgehead atoms. The molecule has 96 valence electrons. The highest BCUT2D eigenvalue weighted by Crippen LogP contribution is 2.24. The molecule has 0 saturated heterocycles. The van der Waals surface area contributed by atoms with Crippen LogP contribution in [0.25, 0.3) is 0 Å². The van der Waals surface area contributed by atoms with Gasteiger partial charge in [-0.1, -0.05) is 30.3 Å². The Morgan fingerprint density at radius 1 is 1.33 bits per heavy atom. The smallest absolute Gasteiger partial charge is 0.0795 e. The number of rotatable bonds is 6. The number of aromatic nitrogens is 1. The van der Waals surface area contributed by atoms with Crippen LogP contribution in [0.3, 0.4) is 0 Å². The monoisotopic (exact) mass is 262 g/mol.